The molecule has 0 saturated carbocycles. The number of aromatic amines is 1. The number of hydrogen-bond donors (Lipinski definition) is 2. The van der Waals surface area contributed by atoms with Gasteiger partial charge in [0.25, 0.3) is 0 Å². The summed E-state index contributed by atoms with van der Waals surface area (Å²) in [5.41, 5.74) is -0.432. The zero-order valence-electron chi connectivity index (χ0n) is 10.7. The molecular formula is C12H21N3O2. The highest BCUT2D eigenvalue weighted by Gasteiger charge is 2.15. The maximum absolute atomic E-state index is 11.3. The van der Waals surface area contributed by atoms with Crippen LogP contribution in [0.15, 0.2) is 12.4 Å². The highest BCUT2D eigenvalue weighted by atomic mass is 16.6. The first-order valence-corrected chi connectivity index (χ1v) is 5.92. The van der Waals surface area contributed by atoms with E-state index in [1.165, 1.54) is 0 Å². The van der Waals surface area contributed by atoms with E-state index < -0.39 is 5.60 Å². The van der Waals surface area contributed by atoms with Crippen LogP contribution >= 0.6 is 0 Å². The van der Waals surface area contributed by atoms with E-state index in [1.807, 2.05) is 27.0 Å². The molecule has 17 heavy (non-hydrogen) atoms. The molecule has 0 aromatic carbocycles. The first kappa shape index (κ1) is 13.5. The fraction of sp³-hybridized carbons (Fsp3) is 0.667. The van der Waals surface area contributed by atoms with E-state index in [0.717, 1.165) is 25.1 Å². The number of hydrogen-bond acceptors (Lipinski definition) is 3. The zero-order valence-corrected chi connectivity index (χ0v) is 10.7. The lowest BCUT2D eigenvalue weighted by molar-refractivity contribution is 0.0527. The molecule has 96 valence electrons. The van der Waals surface area contributed by atoms with Crippen LogP contribution in [0.5, 0.6) is 0 Å². The number of rotatable bonds is 5. The number of nitrogens with zero attached hydrogens (tertiary/aromatic N) is 1. The number of carbonyl (C=O) groups excluding carboxylic acids is 1. The van der Waals surface area contributed by atoms with Gasteiger partial charge in [0.05, 0.1) is 0 Å². The van der Waals surface area contributed by atoms with E-state index in [4.69, 9.17) is 4.74 Å². The monoisotopic (exact) mass is 239 g/mol. The van der Waals surface area contributed by atoms with Gasteiger partial charge in [-0.3, -0.25) is 0 Å². The first-order chi connectivity index (χ1) is 7.97. The summed E-state index contributed by atoms with van der Waals surface area (Å²) in [6.45, 7) is 6.19. The summed E-state index contributed by atoms with van der Waals surface area (Å²) in [5, 5.41) is 2.73. The Balaban J connectivity index is 2.02. The number of amides is 1. The average Bonchev–Trinajstić information content (AvgIpc) is 2.67. The molecule has 0 saturated heterocycles. The molecule has 0 radical (unpaired) electrons. The molecule has 1 rings (SSSR count). The van der Waals surface area contributed by atoms with Crippen LogP contribution < -0.4 is 5.32 Å². The minimum atomic E-state index is -0.432. The number of ether oxygens (including phenoxy) is 1. The third-order valence-corrected chi connectivity index (χ3v) is 2.06. The minimum Gasteiger partial charge on any atom is -0.444 e. The molecule has 0 aliphatic carbocycles. The number of nitrogens with one attached hydrogen (secondary N) is 2. The Morgan fingerprint density at radius 1 is 1.47 bits per heavy atom. The molecule has 0 aliphatic heterocycles. The van der Waals surface area contributed by atoms with Gasteiger partial charge in [-0.2, -0.15) is 0 Å². The number of carbonyl (C=O) groups is 1. The molecule has 5 heteroatoms. The second-order valence-electron chi connectivity index (χ2n) is 4.92. The predicted molar refractivity (Wildman–Crippen MR) is 65.8 cm³/mol. The van der Waals surface area contributed by atoms with E-state index in [2.05, 4.69) is 15.3 Å². The summed E-state index contributed by atoms with van der Waals surface area (Å²) < 4.78 is 5.12. The lowest BCUT2D eigenvalue weighted by atomic mass is 10.2. The molecule has 5 nitrogen and oxygen atoms in total. The number of H-pyrrole nitrogens is 1. The van der Waals surface area contributed by atoms with Crippen LogP contribution in [0.25, 0.3) is 0 Å². The van der Waals surface area contributed by atoms with Crippen molar-refractivity contribution in [3.8, 4) is 0 Å². The summed E-state index contributed by atoms with van der Waals surface area (Å²) in [4.78, 5) is 18.5. The van der Waals surface area contributed by atoms with Crippen molar-refractivity contribution in [1.29, 1.82) is 0 Å². The third kappa shape index (κ3) is 6.60. The van der Waals surface area contributed by atoms with Crippen molar-refractivity contribution in [2.24, 2.45) is 0 Å². The highest BCUT2D eigenvalue weighted by Crippen LogP contribution is 2.06. The van der Waals surface area contributed by atoms with E-state index >= 15 is 0 Å². The molecule has 0 unspecified atom stereocenters. The maximum Gasteiger partial charge on any atom is 0.407 e. The summed E-state index contributed by atoms with van der Waals surface area (Å²) in [6.07, 6.45) is 6.02. The molecule has 1 heterocycles. The lowest BCUT2D eigenvalue weighted by Gasteiger charge is -2.19. The van der Waals surface area contributed by atoms with Crippen molar-refractivity contribution in [2.75, 3.05) is 6.54 Å². The van der Waals surface area contributed by atoms with Gasteiger partial charge in [0.1, 0.15) is 11.4 Å². The fourth-order valence-electron chi connectivity index (χ4n) is 1.36. The third-order valence-electron chi connectivity index (χ3n) is 2.06. The van der Waals surface area contributed by atoms with Crippen LogP contribution in [-0.4, -0.2) is 28.2 Å². The molecular weight excluding hydrogens is 218 g/mol. The fourth-order valence-corrected chi connectivity index (χ4v) is 1.36. The van der Waals surface area contributed by atoms with Crippen molar-refractivity contribution in [2.45, 2.75) is 45.6 Å². The second kappa shape index (κ2) is 6.27. The number of alkyl carbamates (subject to hydrolysis) is 1. The standard InChI is InChI=1S/C12H21N3O2/c1-12(2,3)17-11(16)15-7-5-4-6-10-13-8-9-14-10/h8-9H,4-7H2,1-3H3,(H,13,14)(H,15,16). The molecule has 0 spiro atoms. The molecule has 1 aromatic heterocycles. The molecule has 1 aromatic rings. The van der Waals surface area contributed by atoms with Gasteiger partial charge in [0.15, 0.2) is 0 Å². The topological polar surface area (TPSA) is 67.0 Å². The van der Waals surface area contributed by atoms with Crippen LogP contribution in [0, 0.1) is 0 Å². The number of imidazole rings is 1. The molecule has 0 bridgehead atoms. The van der Waals surface area contributed by atoms with Crippen LogP contribution in [0.2, 0.25) is 0 Å². The van der Waals surface area contributed by atoms with Crippen molar-refractivity contribution in [1.82, 2.24) is 15.3 Å². The average molecular weight is 239 g/mol. The van der Waals surface area contributed by atoms with Crippen LogP contribution in [0.4, 0.5) is 4.79 Å². The Bertz CT molecular complexity index is 328. The number of aromatic nitrogens is 2. The smallest absolute Gasteiger partial charge is 0.407 e. The summed E-state index contributed by atoms with van der Waals surface area (Å²) >= 11 is 0. The van der Waals surface area contributed by atoms with Crippen molar-refractivity contribution in [3.63, 3.8) is 0 Å². The Hall–Kier alpha value is -1.52. The van der Waals surface area contributed by atoms with E-state index in [0.29, 0.717) is 6.54 Å². The zero-order chi connectivity index (χ0) is 12.7. The first-order valence-electron chi connectivity index (χ1n) is 5.92. The van der Waals surface area contributed by atoms with E-state index in [1.54, 1.807) is 6.20 Å². The summed E-state index contributed by atoms with van der Waals surface area (Å²) in [5.74, 6) is 0.988. The largest absolute Gasteiger partial charge is 0.444 e. The minimum absolute atomic E-state index is 0.351. The van der Waals surface area contributed by atoms with E-state index in [-0.39, 0.29) is 6.09 Å². The quantitative estimate of drug-likeness (QED) is 0.774. The number of unbranched alkanes of at least 4 members (excludes halogenated alkanes) is 1. The van der Waals surface area contributed by atoms with Crippen LogP contribution in [0.1, 0.15) is 39.4 Å². The summed E-state index contributed by atoms with van der Waals surface area (Å²) in [7, 11) is 0. The molecule has 2 N–H and O–H groups in total. The van der Waals surface area contributed by atoms with Gasteiger partial charge >= 0.3 is 6.09 Å². The normalized spacial score (nSPS) is 11.2. The Morgan fingerprint density at radius 3 is 2.82 bits per heavy atom. The van der Waals surface area contributed by atoms with Gasteiger partial charge in [-0.25, -0.2) is 9.78 Å². The second-order valence-corrected chi connectivity index (χ2v) is 4.92. The van der Waals surface area contributed by atoms with Crippen molar-refractivity contribution < 1.29 is 9.53 Å². The molecule has 0 aliphatic rings. The lowest BCUT2D eigenvalue weighted by Crippen LogP contribution is -2.33. The predicted octanol–water partition coefficient (Wildman–Crippen LogP) is 2.26. The Morgan fingerprint density at radius 2 is 2.24 bits per heavy atom. The van der Waals surface area contributed by atoms with Gasteiger partial charge in [-0.05, 0) is 33.6 Å². The van der Waals surface area contributed by atoms with E-state index in [9.17, 15) is 4.79 Å². The highest BCUT2D eigenvalue weighted by molar-refractivity contribution is 5.67. The van der Waals surface area contributed by atoms with Gasteiger partial charge in [0.2, 0.25) is 0 Å². The van der Waals surface area contributed by atoms with Crippen molar-refractivity contribution >= 4 is 6.09 Å². The van der Waals surface area contributed by atoms with Gasteiger partial charge in [-0.1, -0.05) is 0 Å². The Kier molecular flexibility index (Phi) is 5.00. The maximum atomic E-state index is 11.3. The van der Waals surface area contributed by atoms with Crippen molar-refractivity contribution in [3.05, 3.63) is 18.2 Å². The molecule has 1 amide bonds. The Labute approximate surface area is 102 Å². The molecule has 0 atom stereocenters. The molecule has 0 fully saturated rings. The SMILES string of the molecule is CC(C)(C)OC(=O)NCCCCc1ncc[nH]1. The van der Waals surface area contributed by atoms with Gasteiger partial charge < -0.3 is 15.0 Å². The van der Waals surface area contributed by atoms with Crippen LogP contribution in [-0.2, 0) is 11.2 Å². The number of aryl methyl sites for hydroxylation is 1. The van der Waals surface area contributed by atoms with Crippen LogP contribution in [0.3, 0.4) is 0 Å². The van der Waals surface area contributed by atoms with Gasteiger partial charge in [-0.15, -0.1) is 0 Å². The van der Waals surface area contributed by atoms with Gasteiger partial charge in [0, 0.05) is 25.4 Å². The summed E-state index contributed by atoms with van der Waals surface area (Å²) in [6, 6.07) is 0.